The van der Waals surface area contributed by atoms with E-state index in [0.29, 0.717) is 28.2 Å². The third-order valence-electron chi connectivity index (χ3n) is 5.48. The Morgan fingerprint density at radius 3 is 2.15 bits per heavy atom. The largest absolute Gasteiger partial charge is 0.452 e. The van der Waals surface area contributed by atoms with Gasteiger partial charge in [-0.2, -0.15) is 0 Å². The molecule has 0 aliphatic carbocycles. The van der Waals surface area contributed by atoms with Gasteiger partial charge in [-0.05, 0) is 53.5 Å². The first-order valence-electron chi connectivity index (χ1n) is 10.6. The molecule has 0 N–H and O–H groups in total. The van der Waals surface area contributed by atoms with Gasteiger partial charge in [0.05, 0.1) is 11.1 Å². The van der Waals surface area contributed by atoms with Crippen molar-refractivity contribution in [1.29, 1.82) is 0 Å². The minimum Gasteiger partial charge on any atom is -0.452 e. The minimum atomic E-state index is -0.464. The summed E-state index contributed by atoms with van der Waals surface area (Å²) in [7, 11) is 0. The summed E-state index contributed by atoms with van der Waals surface area (Å²) in [5, 5.41) is 0. The highest BCUT2D eigenvalue weighted by atomic mass is 16.5. The normalized spacial score (nSPS) is 13.5. The van der Waals surface area contributed by atoms with Crippen molar-refractivity contribution >= 4 is 17.8 Å². The summed E-state index contributed by atoms with van der Waals surface area (Å²) in [6.45, 7) is 1.80. The molecule has 0 saturated heterocycles. The SMILES string of the molecule is Cc1cc(OC(=O)c2ccccc2)cc2c1C(=O)/C(=C/c1ccc(-c3ccccc3)cc1)O2. The average Bonchev–Trinajstić information content (AvgIpc) is 3.16. The van der Waals surface area contributed by atoms with E-state index in [1.165, 1.54) is 0 Å². The Labute approximate surface area is 191 Å². The lowest BCUT2D eigenvalue weighted by atomic mass is 10.0. The molecule has 1 aliphatic heterocycles. The zero-order valence-electron chi connectivity index (χ0n) is 17.9. The third-order valence-corrected chi connectivity index (χ3v) is 5.48. The van der Waals surface area contributed by atoms with E-state index in [9.17, 15) is 9.59 Å². The molecule has 5 rings (SSSR count). The van der Waals surface area contributed by atoms with E-state index in [1.807, 2.05) is 48.5 Å². The molecule has 0 saturated carbocycles. The van der Waals surface area contributed by atoms with Crippen LogP contribution in [0.25, 0.3) is 17.2 Å². The van der Waals surface area contributed by atoms with Crippen molar-refractivity contribution in [2.24, 2.45) is 0 Å². The first-order chi connectivity index (χ1) is 16.1. The number of benzene rings is 4. The first kappa shape index (κ1) is 20.5. The Morgan fingerprint density at radius 1 is 0.818 bits per heavy atom. The molecule has 33 heavy (non-hydrogen) atoms. The Morgan fingerprint density at radius 2 is 1.45 bits per heavy atom. The Hall–Kier alpha value is -4.44. The van der Waals surface area contributed by atoms with Gasteiger partial charge in [0.25, 0.3) is 0 Å². The van der Waals surface area contributed by atoms with Gasteiger partial charge in [-0.25, -0.2) is 4.79 Å². The molecule has 0 amide bonds. The van der Waals surface area contributed by atoms with Crippen LogP contribution in [-0.2, 0) is 0 Å². The maximum Gasteiger partial charge on any atom is 0.343 e. The van der Waals surface area contributed by atoms with Crippen molar-refractivity contribution in [1.82, 2.24) is 0 Å². The molecule has 4 aromatic carbocycles. The lowest BCUT2D eigenvalue weighted by molar-refractivity contribution is 0.0734. The van der Waals surface area contributed by atoms with Crippen LogP contribution in [-0.4, -0.2) is 11.8 Å². The van der Waals surface area contributed by atoms with Crippen molar-refractivity contribution in [3.63, 3.8) is 0 Å². The number of hydrogen-bond acceptors (Lipinski definition) is 4. The summed E-state index contributed by atoms with van der Waals surface area (Å²) in [4.78, 5) is 25.3. The van der Waals surface area contributed by atoms with Crippen LogP contribution in [0.1, 0.15) is 31.8 Å². The molecular formula is C29H20O4. The summed E-state index contributed by atoms with van der Waals surface area (Å²) in [5.41, 5.74) is 4.72. The second-order valence-corrected chi connectivity index (χ2v) is 7.80. The number of aryl methyl sites for hydroxylation is 1. The van der Waals surface area contributed by atoms with Crippen molar-refractivity contribution in [2.45, 2.75) is 6.92 Å². The molecule has 4 aromatic rings. The first-order valence-corrected chi connectivity index (χ1v) is 10.6. The van der Waals surface area contributed by atoms with Gasteiger partial charge >= 0.3 is 5.97 Å². The van der Waals surface area contributed by atoms with Crippen LogP contribution in [0.5, 0.6) is 11.5 Å². The monoisotopic (exact) mass is 432 g/mol. The molecule has 1 aliphatic rings. The number of ether oxygens (including phenoxy) is 2. The number of ketones is 1. The fraction of sp³-hybridized carbons (Fsp3) is 0.0345. The van der Waals surface area contributed by atoms with Crippen molar-refractivity contribution in [2.75, 3.05) is 0 Å². The smallest absolute Gasteiger partial charge is 0.343 e. The second kappa shape index (κ2) is 8.60. The molecule has 4 nitrogen and oxygen atoms in total. The minimum absolute atomic E-state index is 0.185. The van der Waals surface area contributed by atoms with Crippen LogP contribution in [0, 0.1) is 6.92 Å². The third kappa shape index (κ3) is 4.19. The van der Waals surface area contributed by atoms with E-state index in [0.717, 1.165) is 16.7 Å². The van der Waals surface area contributed by atoms with Gasteiger partial charge in [-0.15, -0.1) is 0 Å². The molecule has 0 spiro atoms. The Balaban J connectivity index is 1.37. The molecule has 0 radical (unpaired) electrons. The summed E-state index contributed by atoms with van der Waals surface area (Å²) in [5.74, 6) is 0.320. The highest BCUT2D eigenvalue weighted by Crippen LogP contribution is 2.37. The standard InChI is InChI=1S/C29H20O4/c1-19-16-24(32-29(31)23-10-6-3-7-11-23)18-25-27(19)28(30)26(33-25)17-20-12-14-22(15-13-20)21-8-4-2-5-9-21/h2-18H,1H3/b26-17-. The summed E-state index contributed by atoms with van der Waals surface area (Å²) < 4.78 is 11.4. The Bertz CT molecular complexity index is 1370. The van der Waals surface area contributed by atoms with E-state index >= 15 is 0 Å². The molecule has 0 fully saturated rings. The lowest BCUT2D eigenvalue weighted by Crippen LogP contribution is -2.08. The van der Waals surface area contributed by atoms with Gasteiger partial charge in [0.2, 0.25) is 5.78 Å². The zero-order chi connectivity index (χ0) is 22.8. The highest BCUT2D eigenvalue weighted by molar-refractivity contribution is 6.15. The molecule has 0 unspecified atom stereocenters. The number of hydrogen-bond donors (Lipinski definition) is 0. The molecular weight excluding hydrogens is 412 g/mol. The van der Waals surface area contributed by atoms with Crippen LogP contribution in [0.4, 0.5) is 0 Å². The van der Waals surface area contributed by atoms with Gasteiger partial charge in [0.1, 0.15) is 11.5 Å². The van der Waals surface area contributed by atoms with E-state index in [-0.39, 0.29) is 11.5 Å². The molecule has 0 bridgehead atoms. The van der Waals surface area contributed by atoms with Crippen molar-refractivity contribution in [3.8, 4) is 22.6 Å². The molecule has 0 aromatic heterocycles. The Kier molecular flexibility index (Phi) is 5.33. The number of carbonyl (C=O) groups excluding carboxylic acids is 2. The number of rotatable bonds is 4. The van der Waals surface area contributed by atoms with Crippen LogP contribution in [0.15, 0.2) is 103 Å². The van der Waals surface area contributed by atoms with Gasteiger partial charge < -0.3 is 9.47 Å². The average molecular weight is 432 g/mol. The summed E-state index contributed by atoms with van der Waals surface area (Å²) in [6, 6.07) is 30.0. The van der Waals surface area contributed by atoms with Crippen LogP contribution in [0.3, 0.4) is 0 Å². The van der Waals surface area contributed by atoms with E-state index in [1.54, 1.807) is 49.4 Å². The van der Waals surface area contributed by atoms with E-state index < -0.39 is 5.97 Å². The van der Waals surface area contributed by atoms with Gasteiger partial charge in [-0.3, -0.25) is 4.79 Å². The zero-order valence-corrected chi connectivity index (χ0v) is 17.9. The van der Waals surface area contributed by atoms with E-state index in [2.05, 4.69) is 12.1 Å². The number of fused-ring (bicyclic) bond motifs is 1. The maximum atomic E-state index is 13.0. The molecule has 4 heteroatoms. The van der Waals surface area contributed by atoms with E-state index in [4.69, 9.17) is 9.47 Å². The van der Waals surface area contributed by atoms with Crippen LogP contribution < -0.4 is 9.47 Å². The number of Topliss-reactive ketones (excluding diaryl/α,β-unsaturated/α-hetero) is 1. The second-order valence-electron chi connectivity index (χ2n) is 7.80. The highest BCUT2D eigenvalue weighted by Gasteiger charge is 2.30. The number of carbonyl (C=O) groups is 2. The fourth-order valence-corrected chi connectivity index (χ4v) is 3.83. The predicted octanol–water partition coefficient (Wildman–Crippen LogP) is 6.50. The lowest BCUT2D eigenvalue weighted by Gasteiger charge is -2.07. The topological polar surface area (TPSA) is 52.6 Å². The van der Waals surface area contributed by atoms with Crippen molar-refractivity contribution in [3.05, 3.63) is 125 Å². The summed E-state index contributed by atoms with van der Waals surface area (Å²) >= 11 is 0. The quantitative estimate of drug-likeness (QED) is 0.210. The summed E-state index contributed by atoms with van der Waals surface area (Å²) in [6.07, 6.45) is 1.73. The molecule has 0 atom stereocenters. The van der Waals surface area contributed by atoms with Gasteiger partial charge in [0.15, 0.2) is 5.76 Å². The fourth-order valence-electron chi connectivity index (χ4n) is 3.83. The number of allylic oxidation sites excluding steroid dienone is 1. The van der Waals surface area contributed by atoms with Gasteiger partial charge in [0, 0.05) is 6.07 Å². The maximum absolute atomic E-state index is 13.0. The van der Waals surface area contributed by atoms with Crippen LogP contribution >= 0.6 is 0 Å². The molecule has 160 valence electrons. The van der Waals surface area contributed by atoms with Gasteiger partial charge in [-0.1, -0.05) is 72.8 Å². The van der Waals surface area contributed by atoms with Crippen LogP contribution in [0.2, 0.25) is 0 Å². The molecule has 1 heterocycles. The van der Waals surface area contributed by atoms with Crippen molar-refractivity contribution < 1.29 is 19.1 Å². The number of esters is 1. The predicted molar refractivity (Wildman–Crippen MR) is 127 cm³/mol.